The Hall–Kier alpha value is -0.910. The molecule has 2 saturated carbocycles. The van der Waals surface area contributed by atoms with Crippen LogP contribution in [0.5, 0.6) is 0 Å². The van der Waals surface area contributed by atoms with Crippen molar-refractivity contribution in [1.82, 2.24) is 14.7 Å². The van der Waals surface area contributed by atoms with Gasteiger partial charge in [0.2, 0.25) is 0 Å². The molecule has 3 rings (SSSR count). The van der Waals surface area contributed by atoms with Gasteiger partial charge in [-0.25, -0.2) is 9.69 Å². The maximum atomic E-state index is 11.3. The van der Waals surface area contributed by atoms with E-state index < -0.39 is 0 Å². The highest BCUT2D eigenvalue weighted by Crippen LogP contribution is 2.29. The SMILES string of the molecule is C=CC(=O)OCN1CN(C2CCCC2)CN(C2CCCC2)C1. The molecule has 5 nitrogen and oxygen atoms in total. The molecule has 0 spiro atoms. The molecule has 3 fully saturated rings. The summed E-state index contributed by atoms with van der Waals surface area (Å²) < 4.78 is 5.27. The first-order valence-corrected chi connectivity index (χ1v) is 8.76. The highest BCUT2D eigenvalue weighted by molar-refractivity contribution is 5.81. The van der Waals surface area contributed by atoms with Crippen LogP contribution in [0.3, 0.4) is 0 Å². The van der Waals surface area contributed by atoms with Crippen molar-refractivity contribution >= 4 is 5.97 Å². The summed E-state index contributed by atoms with van der Waals surface area (Å²) in [4.78, 5) is 18.8. The molecular weight excluding hydrogens is 278 g/mol. The lowest BCUT2D eigenvalue weighted by Crippen LogP contribution is -2.59. The van der Waals surface area contributed by atoms with E-state index in [4.69, 9.17) is 4.74 Å². The predicted octanol–water partition coefficient (Wildman–Crippen LogP) is 2.35. The van der Waals surface area contributed by atoms with Crippen LogP contribution in [-0.4, -0.2) is 59.5 Å². The van der Waals surface area contributed by atoms with E-state index in [1.165, 1.54) is 57.4 Å². The summed E-state index contributed by atoms with van der Waals surface area (Å²) in [6, 6.07) is 1.42. The Bertz CT molecular complexity index is 365. The van der Waals surface area contributed by atoms with Gasteiger partial charge in [0.15, 0.2) is 0 Å². The predicted molar refractivity (Wildman–Crippen MR) is 85.8 cm³/mol. The first-order valence-electron chi connectivity index (χ1n) is 8.76. The Balaban J connectivity index is 1.61. The summed E-state index contributed by atoms with van der Waals surface area (Å²) in [6.07, 6.45) is 11.9. The third-order valence-corrected chi connectivity index (χ3v) is 5.36. The van der Waals surface area contributed by atoms with Gasteiger partial charge < -0.3 is 4.74 Å². The van der Waals surface area contributed by atoms with Crippen molar-refractivity contribution in [3.63, 3.8) is 0 Å². The molecule has 0 N–H and O–H groups in total. The molecule has 124 valence electrons. The van der Waals surface area contributed by atoms with Crippen LogP contribution in [0.25, 0.3) is 0 Å². The standard InChI is InChI=1S/C17H29N3O2/c1-2-17(21)22-14-18-11-19(15-7-3-4-8-15)13-20(12-18)16-9-5-6-10-16/h2,15-16H,1,3-14H2. The molecule has 0 aromatic rings. The molecular formula is C17H29N3O2. The van der Waals surface area contributed by atoms with Crippen molar-refractivity contribution in [3.8, 4) is 0 Å². The van der Waals surface area contributed by atoms with Crippen LogP contribution < -0.4 is 0 Å². The minimum atomic E-state index is -0.328. The molecule has 3 aliphatic rings. The van der Waals surface area contributed by atoms with Crippen LogP contribution in [0.4, 0.5) is 0 Å². The number of hydrogen-bond acceptors (Lipinski definition) is 5. The lowest BCUT2D eigenvalue weighted by molar-refractivity contribution is -0.151. The molecule has 0 aromatic carbocycles. The van der Waals surface area contributed by atoms with E-state index in [1.54, 1.807) is 0 Å². The Morgan fingerprint density at radius 2 is 1.45 bits per heavy atom. The van der Waals surface area contributed by atoms with E-state index in [2.05, 4.69) is 21.3 Å². The Morgan fingerprint density at radius 1 is 0.955 bits per heavy atom. The van der Waals surface area contributed by atoms with Crippen LogP contribution in [0.1, 0.15) is 51.4 Å². The highest BCUT2D eigenvalue weighted by atomic mass is 16.5. The second kappa shape index (κ2) is 7.57. The first-order chi connectivity index (χ1) is 10.8. The molecule has 0 radical (unpaired) electrons. The summed E-state index contributed by atoms with van der Waals surface area (Å²) in [7, 11) is 0. The number of carbonyl (C=O) groups is 1. The molecule has 0 amide bonds. The zero-order chi connectivity index (χ0) is 15.4. The van der Waals surface area contributed by atoms with Crippen LogP contribution >= 0.6 is 0 Å². The zero-order valence-corrected chi connectivity index (χ0v) is 13.6. The van der Waals surface area contributed by atoms with Crippen molar-refractivity contribution in [2.24, 2.45) is 0 Å². The number of hydrogen-bond donors (Lipinski definition) is 0. The maximum absolute atomic E-state index is 11.3. The number of ether oxygens (including phenoxy) is 1. The van der Waals surface area contributed by atoms with Gasteiger partial charge in [-0.1, -0.05) is 32.3 Å². The van der Waals surface area contributed by atoms with Gasteiger partial charge in [0.05, 0.1) is 20.0 Å². The third kappa shape index (κ3) is 3.89. The van der Waals surface area contributed by atoms with E-state index in [1.807, 2.05) is 0 Å². The largest absolute Gasteiger partial charge is 0.446 e. The van der Waals surface area contributed by atoms with Crippen molar-refractivity contribution in [1.29, 1.82) is 0 Å². The maximum Gasteiger partial charge on any atom is 0.331 e. The van der Waals surface area contributed by atoms with E-state index in [-0.39, 0.29) is 5.97 Å². The fraction of sp³-hybridized carbons (Fsp3) is 0.824. The van der Waals surface area contributed by atoms with Crippen molar-refractivity contribution in [3.05, 3.63) is 12.7 Å². The summed E-state index contributed by atoms with van der Waals surface area (Å²) in [6.45, 7) is 6.75. The topological polar surface area (TPSA) is 36.0 Å². The Kier molecular flexibility index (Phi) is 5.50. The van der Waals surface area contributed by atoms with Gasteiger partial charge in [-0.15, -0.1) is 0 Å². The van der Waals surface area contributed by atoms with Crippen LogP contribution in [0.2, 0.25) is 0 Å². The lowest BCUT2D eigenvalue weighted by Gasteiger charge is -2.46. The number of esters is 1. The van der Waals surface area contributed by atoms with Gasteiger partial charge in [-0.3, -0.25) is 9.80 Å². The van der Waals surface area contributed by atoms with Crippen molar-refractivity contribution in [2.45, 2.75) is 63.5 Å². The zero-order valence-electron chi connectivity index (χ0n) is 13.6. The van der Waals surface area contributed by atoms with E-state index in [0.29, 0.717) is 18.8 Å². The van der Waals surface area contributed by atoms with Gasteiger partial charge in [0.25, 0.3) is 0 Å². The first kappa shape index (κ1) is 16.0. The van der Waals surface area contributed by atoms with Crippen LogP contribution in [0, 0.1) is 0 Å². The molecule has 0 atom stereocenters. The second-order valence-electron chi connectivity index (χ2n) is 6.95. The van der Waals surface area contributed by atoms with Gasteiger partial charge in [0, 0.05) is 18.2 Å². The van der Waals surface area contributed by atoms with Crippen molar-refractivity contribution in [2.75, 3.05) is 26.7 Å². The molecule has 0 bridgehead atoms. The summed E-state index contributed by atoms with van der Waals surface area (Å²) in [5, 5.41) is 0. The molecule has 1 aliphatic heterocycles. The smallest absolute Gasteiger partial charge is 0.331 e. The van der Waals surface area contributed by atoms with E-state index in [9.17, 15) is 4.79 Å². The average molecular weight is 307 g/mol. The van der Waals surface area contributed by atoms with Gasteiger partial charge >= 0.3 is 5.97 Å². The summed E-state index contributed by atoms with van der Waals surface area (Å²) >= 11 is 0. The molecule has 0 aromatic heterocycles. The molecule has 1 saturated heterocycles. The summed E-state index contributed by atoms with van der Waals surface area (Å²) in [5.41, 5.74) is 0. The molecule has 1 heterocycles. The fourth-order valence-corrected chi connectivity index (χ4v) is 4.18. The highest BCUT2D eigenvalue weighted by Gasteiger charge is 2.34. The second-order valence-corrected chi connectivity index (χ2v) is 6.95. The monoisotopic (exact) mass is 307 g/mol. The quantitative estimate of drug-likeness (QED) is 0.575. The van der Waals surface area contributed by atoms with E-state index in [0.717, 1.165) is 20.0 Å². The van der Waals surface area contributed by atoms with E-state index >= 15 is 0 Å². The fourth-order valence-electron chi connectivity index (χ4n) is 4.18. The Labute approximate surface area is 133 Å². The van der Waals surface area contributed by atoms with Crippen LogP contribution in [-0.2, 0) is 9.53 Å². The molecule has 0 unspecified atom stereocenters. The van der Waals surface area contributed by atoms with Gasteiger partial charge in [-0.2, -0.15) is 0 Å². The minimum absolute atomic E-state index is 0.328. The van der Waals surface area contributed by atoms with Crippen LogP contribution in [0.15, 0.2) is 12.7 Å². The normalized spacial score (nSPS) is 26.5. The third-order valence-electron chi connectivity index (χ3n) is 5.36. The lowest BCUT2D eigenvalue weighted by atomic mass is 10.2. The minimum Gasteiger partial charge on any atom is -0.446 e. The molecule has 22 heavy (non-hydrogen) atoms. The summed E-state index contributed by atoms with van der Waals surface area (Å²) in [5.74, 6) is -0.328. The number of nitrogens with zero attached hydrogens (tertiary/aromatic N) is 3. The molecule has 5 heteroatoms. The number of rotatable bonds is 5. The van der Waals surface area contributed by atoms with Crippen molar-refractivity contribution < 1.29 is 9.53 Å². The van der Waals surface area contributed by atoms with Gasteiger partial charge in [0.1, 0.15) is 6.73 Å². The van der Waals surface area contributed by atoms with Gasteiger partial charge in [-0.05, 0) is 25.7 Å². The number of carbonyl (C=O) groups excluding carboxylic acids is 1. The average Bonchev–Trinajstić information content (AvgIpc) is 3.25. The molecule has 2 aliphatic carbocycles. The Morgan fingerprint density at radius 3 is 1.91 bits per heavy atom.